The van der Waals surface area contributed by atoms with Crippen LogP contribution < -0.4 is 23.7 Å². The Kier molecular flexibility index (Phi) is 6.53. The van der Waals surface area contributed by atoms with Crippen molar-refractivity contribution < 1.29 is 42.0 Å². The van der Waals surface area contributed by atoms with E-state index in [9.17, 15) is 18.3 Å². The van der Waals surface area contributed by atoms with Gasteiger partial charge in [0.1, 0.15) is 19.8 Å². The monoisotopic (exact) mass is 439 g/mol. The first-order chi connectivity index (χ1) is 14.4. The Morgan fingerprint density at radius 3 is 2.47 bits per heavy atom. The van der Waals surface area contributed by atoms with Gasteiger partial charge in [-0.1, -0.05) is 0 Å². The van der Waals surface area contributed by atoms with E-state index in [2.05, 4.69) is 4.72 Å². The first kappa shape index (κ1) is 21.5. The van der Waals surface area contributed by atoms with E-state index in [1.807, 2.05) is 0 Å². The van der Waals surface area contributed by atoms with Crippen LogP contribution in [0, 0.1) is 0 Å². The Labute approximate surface area is 173 Å². The Morgan fingerprint density at radius 1 is 1.07 bits per heavy atom. The number of rotatable bonds is 9. The summed E-state index contributed by atoms with van der Waals surface area (Å²) in [4.78, 5) is 11.6. The molecule has 0 radical (unpaired) electrons. The van der Waals surface area contributed by atoms with Gasteiger partial charge in [0, 0.05) is 25.3 Å². The highest BCUT2D eigenvalue weighted by Gasteiger charge is 2.24. The molecule has 0 aromatic heterocycles. The summed E-state index contributed by atoms with van der Waals surface area (Å²) in [5, 5.41) is 9.53. The van der Waals surface area contributed by atoms with Crippen LogP contribution >= 0.6 is 0 Å². The lowest BCUT2D eigenvalue weighted by atomic mass is 10.1. The van der Waals surface area contributed by atoms with Crippen molar-refractivity contribution in [2.24, 2.45) is 0 Å². The van der Waals surface area contributed by atoms with Gasteiger partial charge in [-0.25, -0.2) is 13.2 Å². The molecule has 2 N–H and O–H groups in total. The van der Waals surface area contributed by atoms with Crippen LogP contribution in [0.4, 0.5) is 5.69 Å². The number of carbonyl (C=O) groups is 1. The SMILES string of the molecule is COCCOc1cc(NS(=O)(=O)c2ccc3c(c2)OCCO3)c(C(=O)O)cc1OC. The summed E-state index contributed by atoms with van der Waals surface area (Å²) in [5.41, 5.74) is -0.474. The summed E-state index contributed by atoms with van der Waals surface area (Å²) in [6, 6.07) is 6.58. The second-order valence-electron chi connectivity index (χ2n) is 6.11. The topological polar surface area (TPSA) is 130 Å². The second kappa shape index (κ2) is 9.09. The van der Waals surface area contributed by atoms with Crippen LogP contribution in [0.1, 0.15) is 10.4 Å². The third kappa shape index (κ3) is 4.69. The van der Waals surface area contributed by atoms with Crippen molar-refractivity contribution in [3.63, 3.8) is 0 Å². The molecule has 0 atom stereocenters. The van der Waals surface area contributed by atoms with Gasteiger partial charge in [-0.2, -0.15) is 0 Å². The summed E-state index contributed by atoms with van der Waals surface area (Å²) < 4.78 is 54.5. The number of carboxylic acid groups (broad SMARTS) is 1. The van der Waals surface area contributed by atoms with Gasteiger partial charge in [-0.05, 0) is 12.1 Å². The number of aromatic carboxylic acids is 1. The van der Waals surface area contributed by atoms with E-state index in [0.29, 0.717) is 24.7 Å². The Morgan fingerprint density at radius 2 is 1.80 bits per heavy atom. The van der Waals surface area contributed by atoms with E-state index < -0.39 is 16.0 Å². The van der Waals surface area contributed by atoms with Gasteiger partial charge in [0.2, 0.25) is 0 Å². The van der Waals surface area contributed by atoms with E-state index in [1.54, 1.807) is 0 Å². The van der Waals surface area contributed by atoms with Crippen molar-refractivity contribution in [3.8, 4) is 23.0 Å². The normalized spacial score (nSPS) is 12.9. The highest BCUT2D eigenvalue weighted by Crippen LogP contribution is 2.36. The third-order valence-corrected chi connectivity index (χ3v) is 5.51. The number of methoxy groups -OCH3 is 2. The molecule has 1 aliphatic rings. The summed E-state index contributed by atoms with van der Waals surface area (Å²) >= 11 is 0. The summed E-state index contributed by atoms with van der Waals surface area (Å²) in [5.74, 6) is -0.299. The van der Waals surface area contributed by atoms with Crippen LogP contribution in [0.15, 0.2) is 35.2 Å². The van der Waals surface area contributed by atoms with Crippen molar-refractivity contribution in [2.45, 2.75) is 4.90 Å². The lowest BCUT2D eigenvalue weighted by Crippen LogP contribution is -2.18. The molecule has 2 aromatic carbocycles. The van der Waals surface area contributed by atoms with Crippen LogP contribution in [0.25, 0.3) is 0 Å². The first-order valence-electron chi connectivity index (χ1n) is 8.85. The zero-order valence-corrected chi connectivity index (χ0v) is 17.2. The van der Waals surface area contributed by atoms with Crippen LogP contribution in [-0.2, 0) is 14.8 Å². The highest BCUT2D eigenvalue weighted by molar-refractivity contribution is 7.92. The molecule has 1 aliphatic heterocycles. The molecule has 1 heterocycles. The smallest absolute Gasteiger partial charge is 0.337 e. The minimum absolute atomic E-state index is 0.110. The van der Waals surface area contributed by atoms with Crippen LogP contribution in [-0.4, -0.2) is 60.1 Å². The van der Waals surface area contributed by atoms with E-state index in [4.69, 9.17) is 23.7 Å². The molecule has 0 aliphatic carbocycles. The number of hydrogen-bond acceptors (Lipinski definition) is 8. The molecule has 10 nitrogen and oxygen atoms in total. The molecule has 30 heavy (non-hydrogen) atoms. The molecular formula is C19H21NO9S. The van der Waals surface area contributed by atoms with Gasteiger partial charge >= 0.3 is 5.97 Å². The Balaban J connectivity index is 1.97. The Hall–Kier alpha value is -3.18. The largest absolute Gasteiger partial charge is 0.493 e. The van der Waals surface area contributed by atoms with Crippen LogP contribution in [0.3, 0.4) is 0 Å². The third-order valence-electron chi connectivity index (χ3n) is 4.15. The second-order valence-corrected chi connectivity index (χ2v) is 7.79. The summed E-state index contributed by atoms with van der Waals surface area (Å²) in [6.45, 7) is 1.11. The highest BCUT2D eigenvalue weighted by atomic mass is 32.2. The molecule has 11 heteroatoms. The van der Waals surface area contributed by atoms with E-state index in [0.717, 1.165) is 0 Å². The number of ether oxygens (including phenoxy) is 5. The summed E-state index contributed by atoms with van der Waals surface area (Å²) in [6.07, 6.45) is 0. The maximum Gasteiger partial charge on any atom is 0.337 e. The van der Waals surface area contributed by atoms with Gasteiger partial charge in [-0.3, -0.25) is 4.72 Å². The number of sulfonamides is 1. The fourth-order valence-corrected chi connectivity index (χ4v) is 3.81. The molecule has 0 saturated carbocycles. The maximum absolute atomic E-state index is 12.9. The fourth-order valence-electron chi connectivity index (χ4n) is 2.72. The van der Waals surface area contributed by atoms with Crippen LogP contribution in [0.2, 0.25) is 0 Å². The molecule has 0 fully saturated rings. The molecular weight excluding hydrogens is 418 g/mol. The van der Waals surface area contributed by atoms with Gasteiger partial charge in [0.05, 0.1) is 29.9 Å². The molecule has 2 aromatic rings. The predicted molar refractivity (Wildman–Crippen MR) is 106 cm³/mol. The minimum Gasteiger partial charge on any atom is -0.493 e. The number of anilines is 1. The van der Waals surface area contributed by atoms with Crippen molar-refractivity contribution in [1.82, 2.24) is 0 Å². The molecule has 0 bridgehead atoms. The minimum atomic E-state index is -4.13. The van der Waals surface area contributed by atoms with Crippen molar-refractivity contribution >= 4 is 21.7 Å². The standard InChI is InChI=1S/C19H21NO9S/c1-25-5-6-28-18-11-14(13(19(21)22)10-16(18)26-2)20-30(23,24)12-3-4-15-17(9-12)29-8-7-27-15/h3-4,9-11,20H,5-8H2,1-2H3,(H,21,22). The zero-order chi connectivity index (χ0) is 21.7. The van der Waals surface area contributed by atoms with Crippen molar-refractivity contribution in [2.75, 3.05) is 45.4 Å². The average molecular weight is 439 g/mol. The molecule has 0 amide bonds. The predicted octanol–water partition coefficient (Wildman–Crippen LogP) is 1.99. The van der Waals surface area contributed by atoms with E-state index in [-0.39, 0.29) is 40.9 Å². The number of benzene rings is 2. The number of carboxylic acids is 1. The van der Waals surface area contributed by atoms with Gasteiger partial charge < -0.3 is 28.8 Å². The fraction of sp³-hybridized carbons (Fsp3) is 0.316. The van der Waals surface area contributed by atoms with Gasteiger partial charge in [0.25, 0.3) is 10.0 Å². The lowest BCUT2D eigenvalue weighted by Gasteiger charge is -2.19. The number of hydrogen-bond donors (Lipinski definition) is 2. The number of fused-ring (bicyclic) bond motifs is 1. The van der Waals surface area contributed by atoms with E-state index >= 15 is 0 Å². The molecule has 3 rings (SSSR count). The molecule has 0 spiro atoms. The van der Waals surface area contributed by atoms with Crippen molar-refractivity contribution in [1.29, 1.82) is 0 Å². The van der Waals surface area contributed by atoms with Gasteiger partial charge in [0.15, 0.2) is 23.0 Å². The average Bonchev–Trinajstić information content (AvgIpc) is 2.73. The molecule has 162 valence electrons. The Bertz CT molecular complexity index is 1040. The first-order valence-corrected chi connectivity index (χ1v) is 10.3. The van der Waals surface area contributed by atoms with Gasteiger partial charge in [-0.15, -0.1) is 0 Å². The van der Waals surface area contributed by atoms with Crippen molar-refractivity contribution in [3.05, 3.63) is 35.9 Å². The number of nitrogens with one attached hydrogen (secondary N) is 1. The maximum atomic E-state index is 12.9. The van der Waals surface area contributed by atoms with E-state index in [1.165, 1.54) is 44.6 Å². The quantitative estimate of drug-likeness (QED) is 0.563. The molecule has 0 saturated heterocycles. The molecule has 0 unspecified atom stereocenters. The van der Waals surface area contributed by atoms with Crippen LogP contribution in [0.5, 0.6) is 23.0 Å². The lowest BCUT2D eigenvalue weighted by molar-refractivity contribution is 0.0697. The zero-order valence-electron chi connectivity index (χ0n) is 16.3. The summed E-state index contributed by atoms with van der Waals surface area (Å²) in [7, 11) is -1.28.